The zero-order valence-electron chi connectivity index (χ0n) is 10.5. The Morgan fingerprint density at radius 3 is 2.88 bits per heavy atom. The summed E-state index contributed by atoms with van der Waals surface area (Å²) in [7, 11) is 1.36. The van der Waals surface area contributed by atoms with E-state index in [2.05, 4.69) is 34.2 Å². The lowest BCUT2D eigenvalue weighted by molar-refractivity contribution is 0.0600. The topological polar surface area (TPSA) is 63.2 Å². The van der Waals surface area contributed by atoms with Crippen LogP contribution >= 0.6 is 0 Å². The molecule has 0 aliphatic heterocycles. The van der Waals surface area contributed by atoms with Gasteiger partial charge in [-0.3, -0.25) is 0 Å². The normalized spacial score (nSPS) is 10.4. The highest BCUT2D eigenvalue weighted by molar-refractivity contribution is 5.89. The van der Waals surface area contributed by atoms with Gasteiger partial charge in [-0.05, 0) is 12.1 Å². The fourth-order valence-corrected chi connectivity index (χ4v) is 1.32. The predicted molar refractivity (Wildman–Crippen MR) is 67.2 cm³/mol. The molecule has 0 bridgehead atoms. The van der Waals surface area contributed by atoms with Gasteiger partial charge in [0.15, 0.2) is 0 Å². The molecule has 5 heteroatoms. The Labute approximate surface area is 102 Å². The van der Waals surface area contributed by atoms with Gasteiger partial charge in [-0.25, -0.2) is 9.78 Å². The van der Waals surface area contributed by atoms with Gasteiger partial charge in [0.25, 0.3) is 0 Å². The predicted octanol–water partition coefficient (Wildman–Crippen LogP) is 1.28. The van der Waals surface area contributed by atoms with E-state index < -0.39 is 0 Å². The van der Waals surface area contributed by atoms with E-state index in [1.165, 1.54) is 7.11 Å². The van der Waals surface area contributed by atoms with Gasteiger partial charge in [0.1, 0.15) is 5.82 Å². The van der Waals surface area contributed by atoms with E-state index >= 15 is 0 Å². The second-order valence-electron chi connectivity index (χ2n) is 3.96. The van der Waals surface area contributed by atoms with Gasteiger partial charge in [-0.1, -0.05) is 13.8 Å². The minimum Gasteiger partial charge on any atom is -0.465 e. The number of pyridine rings is 1. The fraction of sp³-hybridized carbons (Fsp3) is 0.500. The second-order valence-corrected chi connectivity index (χ2v) is 3.96. The molecule has 0 unspecified atom stereocenters. The highest BCUT2D eigenvalue weighted by atomic mass is 16.5. The second kappa shape index (κ2) is 6.85. The molecule has 0 aliphatic carbocycles. The molecule has 2 N–H and O–H groups in total. The molecule has 94 valence electrons. The molecule has 0 fully saturated rings. The van der Waals surface area contributed by atoms with Gasteiger partial charge in [0, 0.05) is 25.3 Å². The molecule has 0 amide bonds. The van der Waals surface area contributed by atoms with Crippen molar-refractivity contribution in [2.45, 2.75) is 19.9 Å². The molecule has 0 aliphatic rings. The van der Waals surface area contributed by atoms with Crippen molar-refractivity contribution in [2.75, 3.05) is 25.5 Å². The lowest BCUT2D eigenvalue weighted by Gasteiger charge is -2.09. The van der Waals surface area contributed by atoms with E-state index in [-0.39, 0.29) is 5.97 Å². The number of carbonyl (C=O) groups excluding carboxylic acids is 1. The van der Waals surface area contributed by atoms with E-state index in [4.69, 9.17) is 0 Å². The summed E-state index contributed by atoms with van der Waals surface area (Å²) in [5, 5.41) is 6.42. The first-order valence-corrected chi connectivity index (χ1v) is 5.65. The molecule has 0 radical (unpaired) electrons. The SMILES string of the molecule is COC(=O)c1ccnc(NCCNC(C)C)c1. The van der Waals surface area contributed by atoms with Crippen LogP contribution in [0, 0.1) is 0 Å². The van der Waals surface area contributed by atoms with Crippen molar-refractivity contribution in [1.29, 1.82) is 0 Å². The van der Waals surface area contributed by atoms with Crippen molar-refractivity contribution < 1.29 is 9.53 Å². The summed E-state index contributed by atoms with van der Waals surface area (Å²) in [6.07, 6.45) is 1.59. The zero-order valence-corrected chi connectivity index (χ0v) is 10.5. The molecule has 1 heterocycles. The molecular weight excluding hydrogens is 218 g/mol. The van der Waals surface area contributed by atoms with Crippen LogP contribution in [0.25, 0.3) is 0 Å². The fourth-order valence-electron chi connectivity index (χ4n) is 1.32. The summed E-state index contributed by atoms with van der Waals surface area (Å²) < 4.78 is 4.64. The number of nitrogens with one attached hydrogen (secondary N) is 2. The molecule has 5 nitrogen and oxygen atoms in total. The number of carbonyl (C=O) groups is 1. The summed E-state index contributed by atoms with van der Waals surface area (Å²) >= 11 is 0. The number of anilines is 1. The largest absolute Gasteiger partial charge is 0.465 e. The third-order valence-corrected chi connectivity index (χ3v) is 2.16. The van der Waals surface area contributed by atoms with Crippen molar-refractivity contribution in [2.24, 2.45) is 0 Å². The summed E-state index contributed by atoms with van der Waals surface area (Å²) in [6.45, 7) is 5.80. The number of hydrogen-bond donors (Lipinski definition) is 2. The lowest BCUT2D eigenvalue weighted by Crippen LogP contribution is -2.28. The van der Waals surface area contributed by atoms with Gasteiger partial charge in [-0.2, -0.15) is 0 Å². The Hall–Kier alpha value is -1.62. The maximum absolute atomic E-state index is 11.3. The Morgan fingerprint density at radius 1 is 1.47 bits per heavy atom. The number of methoxy groups -OCH3 is 1. The van der Waals surface area contributed by atoms with E-state index in [0.29, 0.717) is 17.4 Å². The number of aromatic nitrogens is 1. The van der Waals surface area contributed by atoms with Gasteiger partial charge in [0.2, 0.25) is 0 Å². The third-order valence-electron chi connectivity index (χ3n) is 2.16. The summed E-state index contributed by atoms with van der Waals surface area (Å²) in [6, 6.07) is 3.77. The lowest BCUT2D eigenvalue weighted by atomic mass is 10.2. The van der Waals surface area contributed by atoms with Crippen LogP contribution in [0.5, 0.6) is 0 Å². The van der Waals surface area contributed by atoms with Crippen molar-refractivity contribution in [3.05, 3.63) is 23.9 Å². The van der Waals surface area contributed by atoms with Crippen LogP contribution < -0.4 is 10.6 Å². The Kier molecular flexibility index (Phi) is 5.42. The molecule has 1 aromatic heterocycles. The van der Waals surface area contributed by atoms with E-state index in [1.807, 2.05) is 0 Å². The van der Waals surface area contributed by atoms with Crippen molar-refractivity contribution >= 4 is 11.8 Å². The molecule has 0 atom stereocenters. The number of esters is 1. The molecule has 17 heavy (non-hydrogen) atoms. The first kappa shape index (κ1) is 13.4. The summed E-state index contributed by atoms with van der Waals surface area (Å²) in [5.74, 6) is 0.328. The Bertz CT molecular complexity index is 367. The molecular formula is C12H19N3O2. The first-order chi connectivity index (χ1) is 8.13. The van der Waals surface area contributed by atoms with Gasteiger partial charge in [0.05, 0.1) is 12.7 Å². The van der Waals surface area contributed by atoms with Gasteiger partial charge in [-0.15, -0.1) is 0 Å². The number of ether oxygens (including phenoxy) is 1. The van der Waals surface area contributed by atoms with Crippen LogP contribution in [0.1, 0.15) is 24.2 Å². The molecule has 0 aromatic carbocycles. The smallest absolute Gasteiger partial charge is 0.338 e. The Morgan fingerprint density at radius 2 is 2.24 bits per heavy atom. The standard InChI is InChI=1S/C12H19N3O2/c1-9(2)13-6-7-15-11-8-10(4-5-14-11)12(16)17-3/h4-5,8-9,13H,6-7H2,1-3H3,(H,14,15). The van der Waals surface area contributed by atoms with Crippen molar-refractivity contribution in [1.82, 2.24) is 10.3 Å². The molecule has 1 rings (SSSR count). The third kappa shape index (κ3) is 4.82. The highest BCUT2D eigenvalue weighted by Crippen LogP contribution is 2.07. The van der Waals surface area contributed by atoms with Crippen molar-refractivity contribution in [3.8, 4) is 0 Å². The zero-order chi connectivity index (χ0) is 12.7. The van der Waals surface area contributed by atoms with E-state index in [9.17, 15) is 4.79 Å². The summed E-state index contributed by atoms with van der Waals surface area (Å²) in [4.78, 5) is 15.4. The van der Waals surface area contributed by atoms with Crippen LogP contribution in [0.3, 0.4) is 0 Å². The average molecular weight is 237 g/mol. The maximum Gasteiger partial charge on any atom is 0.338 e. The summed E-state index contributed by atoms with van der Waals surface area (Å²) in [5.41, 5.74) is 0.502. The van der Waals surface area contributed by atoms with E-state index in [1.54, 1.807) is 18.3 Å². The first-order valence-electron chi connectivity index (χ1n) is 5.65. The molecule has 0 saturated heterocycles. The van der Waals surface area contributed by atoms with Crippen LogP contribution in [0.15, 0.2) is 18.3 Å². The monoisotopic (exact) mass is 237 g/mol. The molecule has 1 aromatic rings. The highest BCUT2D eigenvalue weighted by Gasteiger charge is 2.05. The average Bonchev–Trinajstić information content (AvgIpc) is 2.34. The van der Waals surface area contributed by atoms with Crippen LogP contribution in [-0.2, 0) is 4.74 Å². The minimum atomic E-state index is -0.351. The van der Waals surface area contributed by atoms with Gasteiger partial charge < -0.3 is 15.4 Å². The maximum atomic E-state index is 11.3. The van der Waals surface area contributed by atoms with Crippen molar-refractivity contribution in [3.63, 3.8) is 0 Å². The Balaban J connectivity index is 2.46. The number of rotatable bonds is 6. The van der Waals surface area contributed by atoms with Crippen LogP contribution in [-0.4, -0.2) is 37.2 Å². The molecule has 0 spiro atoms. The van der Waals surface area contributed by atoms with Crippen LogP contribution in [0.2, 0.25) is 0 Å². The molecule has 0 saturated carbocycles. The number of nitrogens with zero attached hydrogens (tertiary/aromatic N) is 1. The van der Waals surface area contributed by atoms with Crippen LogP contribution in [0.4, 0.5) is 5.82 Å². The quantitative estimate of drug-likeness (QED) is 0.576. The van der Waals surface area contributed by atoms with Gasteiger partial charge >= 0.3 is 5.97 Å². The van der Waals surface area contributed by atoms with E-state index in [0.717, 1.165) is 13.1 Å². The minimum absolute atomic E-state index is 0.351. The number of hydrogen-bond acceptors (Lipinski definition) is 5.